The summed E-state index contributed by atoms with van der Waals surface area (Å²) in [7, 11) is 1.52. The summed E-state index contributed by atoms with van der Waals surface area (Å²) >= 11 is 0. The van der Waals surface area contributed by atoms with Crippen molar-refractivity contribution in [2.45, 2.75) is 51.0 Å². The van der Waals surface area contributed by atoms with Gasteiger partial charge in [-0.15, -0.1) is 0 Å². The number of nitrogens with one attached hydrogen (secondary N) is 1. The van der Waals surface area contributed by atoms with Crippen LogP contribution >= 0.6 is 0 Å². The maximum Gasteiger partial charge on any atom is 0.317 e. The van der Waals surface area contributed by atoms with E-state index in [0.717, 1.165) is 12.8 Å². The number of amides is 3. The molecule has 2 aliphatic rings. The van der Waals surface area contributed by atoms with Crippen LogP contribution in [0.5, 0.6) is 0 Å². The molecule has 126 valence electrons. The summed E-state index contributed by atoms with van der Waals surface area (Å²) in [5, 5.41) is 3.18. The summed E-state index contributed by atoms with van der Waals surface area (Å²) < 4.78 is 4.87. The van der Waals surface area contributed by atoms with Gasteiger partial charge < -0.3 is 19.9 Å². The molecule has 0 aromatic rings. The third-order valence-corrected chi connectivity index (χ3v) is 4.62. The highest BCUT2D eigenvalue weighted by Crippen LogP contribution is 2.17. The number of hydrogen-bond acceptors (Lipinski definition) is 3. The molecule has 1 saturated heterocycles. The number of rotatable bonds is 3. The van der Waals surface area contributed by atoms with Crippen LogP contribution in [0.3, 0.4) is 0 Å². The lowest BCUT2D eigenvalue weighted by Crippen LogP contribution is -2.55. The maximum absolute atomic E-state index is 12.4. The Bertz CT molecular complexity index is 360. The Labute approximate surface area is 133 Å². The molecule has 0 unspecified atom stereocenters. The third kappa shape index (κ3) is 5.16. The highest BCUT2D eigenvalue weighted by atomic mass is 16.5. The van der Waals surface area contributed by atoms with Crippen molar-refractivity contribution in [3.63, 3.8) is 0 Å². The second kappa shape index (κ2) is 8.98. The van der Waals surface area contributed by atoms with Crippen LogP contribution in [0.1, 0.15) is 44.9 Å². The fraction of sp³-hybridized carbons (Fsp3) is 0.875. The highest BCUT2D eigenvalue weighted by Gasteiger charge is 2.25. The zero-order valence-electron chi connectivity index (χ0n) is 13.7. The molecule has 22 heavy (non-hydrogen) atoms. The van der Waals surface area contributed by atoms with Crippen molar-refractivity contribution in [3.05, 3.63) is 0 Å². The van der Waals surface area contributed by atoms with Crippen molar-refractivity contribution in [2.75, 3.05) is 39.9 Å². The molecule has 0 spiro atoms. The van der Waals surface area contributed by atoms with Gasteiger partial charge in [-0.25, -0.2) is 4.79 Å². The van der Waals surface area contributed by atoms with E-state index in [4.69, 9.17) is 4.74 Å². The SMILES string of the molecule is COCC(=O)N1CCN(C(=O)NC2CCCCCCC2)CC1. The summed E-state index contributed by atoms with van der Waals surface area (Å²) in [6.45, 7) is 2.52. The molecule has 0 aromatic heterocycles. The molecule has 1 saturated carbocycles. The highest BCUT2D eigenvalue weighted by molar-refractivity contribution is 5.78. The first-order chi connectivity index (χ1) is 10.7. The molecular weight excluding hydrogens is 282 g/mol. The Hall–Kier alpha value is -1.30. The van der Waals surface area contributed by atoms with Crippen LogP contribution in [0.2, 0.25) is 0 Å². The van der Waals surface area contributed by atoms with Gasteiger partial charge >= 0.3 is 6.03 Å². The van der Waals surface area contributed by atoms with E-state index in [0.29, 0.717) is 32.2 Å². The second-order valence-corrected chi connectivity index (χ2v) is 6.29. The standard InChI is InChI=1S/C16H29N3O3/c1-22-13-15(20)18-9-11-19(12-10-18)16(21)17-14-7-5-3-2-4-6-8-14/h14H,2-13H2,1H3,(H,17,21). The zero-order chi connectivity index (χ0) is 15.8. The van der Waals surface area contributed by atoms with Crippen LogP contribution in [0, 0.1) is 0 Å². The summed E-state index contributed by atoms with van der Waals surface area (Å²) in [6.07, 6.45) is 8.52. The van der Waals surface area contributed by atoms with Gasteiger partial charge in [0.2, 0.25) is 5.91 Å². The van der Waals surface area contributed by atoms with Gasteiger partial charge in [0.15, 0.2) is 0 Å². The van der Waals surface area contributed by atoms with Gasteiger partial charge in [-0.2, -0.15) is 0 Å². The van der Waals surface area contributed by atoms with Crippen LogP contribution in [0.15, 0.2) is 0 Å². The Balaban J connectivity index is 1.73. The lowest BCUT2D eigenvalue weighted by Gasteiger charge is -2.35. The van der Waals surface area contributed by atoms with Crippen LogP contribution in [-0.4, -0.2) is 67.7 Å². The molecule has 2 fully saturated rings. The quantitative estimate of drug-likeness (QED) is 0.861. The largest absolute Gasteiger partial charge is 0.375 e. The predicted molar refractivity (Wildman–Crippen MR) is 84.7 cm³/mol. The van der Waals surface area contributed by atoms with E-state index < -0.39 is 0 Å². The first kappa shape index (κ1) is 17.1. The minimum atomic E-state index is 0.00239. The van der Waals surface area contributed by atoms with Crippen LogP contribution in [-0.2, 0) is 9.53 Å². The minimum Gasteiger partial charge on any atom is -0.375 e. The molecule has 0 aromatic carbocycles. The number of hydrogen-bond donors (Lipinski definition) is 1. The van der Waals surface area contributed by atoms with E-state index in [-0.39, 0.29) is 18.5 Å². The molecule has 0 radical (unpaired) electrons. The molecule has 2 rings (SSSR count). The Morgan fingerprint density at radius 2 is 1.50 bits per heavy atom. The number of piperazine rings is 1. The maximum atomic E-state index is 12.4. The van der Waals surface area contributed by atoms with Gasteiger partial charge in [0, 0.05) is 39.3 Å². The van der Waals surface area contributed by atoms with Gasteiger partial charge in [-0.05, 0) is 12.8 Å². The minimum absolute atomic E-state index is 0.00239. The summed E-state index contributed by atoms with van der Waals surface area (Å²) in [4.78, 5) is 27.7. The van der Waals surface area contributed by atoms with Crippen molar-refractivity contribution in [2.24, 2.45) is 0 Å². The first-order valence-corrected chi connectivity index (χ1v) is 8.53. The Morgan fingerprint density at radius 1 is 0.955 bits per heavy atom. The monoisotopic (exact) mass is 311 g/mol. The number of urea groups is 1. The number of nitrogens with zero attached hydrogens (tertiary/aromatic N) is 2. The van der Waals surface area contributed by atoms with Crippen molar-refractivity contribution in [1.29, 1.82) is 0 Å². The summed E-state index contributed by atoms with van der Waals surface area (Å²) in [5.74, 6) is 0.00239. The van der Waals surface area contributed by atoms with Gasteiger partial charge in [-0.3, -0.25) is 4.79 Å². The molecule has 0 atom stereocenters. The fourth-order valence-corrected chi connectivity index (χ4v) is 3.24. The summed E-state index contributed by atoms with van der Waals surface area (Å²) in [6, 6.07) is 0.352. The number of methoxy groups -OCH3 is 1. The van der Waals surface area contributed by atoms with Crippen LogP contribution < -0.4 is 5.32 Å². The van der Waals surface area contributed by atoms with Crippen molar-refractivity contribution >= 4 is 11.9 Å². The Kier molecular flexibility index (Phi) is 6.96. The molecule has 0 bridgehead atoms. The van der Waals surface area contributed by atoms with E-state index in [1.54, 1.807) is 4.90 Å². The van der Waals surface area contributed by atoms with Crippen LogP contribution in [0.25, 0.3) is 0 Å². The van der Waals surface area contributed by atoms with E-state index in [1.165, 1.54) is 39.2 Å². The first-order valence-electron chi connectivity index (χ1n) is 8.53. The molecule has 1 aliphatic carbocycles. The van der Waals surface area contributed by atoms with Gasteiger partial charge in [-0.1, -0.05) is 32.1 Å². The van der Waals surface area contributed by atoms with E-state index in [2.05, 4.69) is 5.32 Å². The molecule has 6 heteroatoms. The molecule has 1 heterocycles. The second-order valence-electron chi connectivity index (χ2n) is 6.29. The van der Waals surface area contributed by atoms with Crippen molar-refractivity contribution in [1.82, 2.24) is 15.1 Å². The van der Waals surface area contributed by atoms with Gasteiger partial charge in [0.05, 0.1) is 0 Å². The van der Waals surface area contributed by atoms with E-state index in [1.807, 2.05) is 4.90 Å². The zero-order valence-corrected chi connectivity index (χ0v) is 13.7. The predicted octanol–water partition coefficient (Wildman–Crippen LogP) is 1.60. The fourth-order valence-electron chi connectivity index (χ4n) is 3.24. The number of ether oxygens (including phenoxy) is 1. The normalized spacial score (nSPS) is 21.1. The van der Waals surface area contributed by atoms with Crippen LogP contribution in [0.4, 0.5) is 4.79 Å². The number of carbonyl (C=O) groups excluding carboxylic acids is 2. The average molecular weight is 311 g/mol. The average Bonchev–Trinajstić information content (AvgIpc) is 2.50. The molecule has 1 aliphatic heterocycles. The lowest BCUT2D eigenvalue weighted by molar-refractivity contribution is -0.136. The molecule has 6 nitrogen and oxygen atoms in total. The topological polar surface area (TPSA) is 61.9 Å². The van der Waals surface area contributed by atoms with E-state index >= 15 is 0 Å². The van der Waals surface area contributed by atoms with Crippen molar-refractivity contribution < 1.29 is 14.3 Å². The molecule has 3 amide bonds. The number of carbonyl (C=O) groups is 2. The lowest BCUT2D eigenvalue weighted by atomic mass is 9.97. The van der Waals surface area contributed by atoms with E-state index in [9.17, 15) is 9.59 Å². The van der Waals surface area contributed by atoms with Gasteiger partial charge in [0.25, 0.3) is 0 Å². The smallest absolute Gasteiger partial charge is 0.317 e. The van der Waals surface area contributed by atoms with Gasteiger partial charge in [0.1, 0.15) is 6.61 Å². The third-order valence-electron chi connectivity index (χ3n) is 4.62. The Morgan fingerprint density at radius 3 is 2.09 bits per heavy atom. The molecule has 1 N–H and O–H groups in total. The van der Waals surface area contributed by atoms with Crippen molar-refractivity contribution in [3.8, 4) is 0 Å². The summed E-state index contributed by atoms with van der Waals surface area (Å²) in [5.41, 5.74) is 0. The molecular formula is C16H29N3O3.